The summed E-state index contributed by atoms with van der Waals surface area (Å²) in [6.45, 7) is 3.98. The molecule has 1 aliphatic rings. The average molecular weight is 423 g/mol. The van der Waals surface area contributed by atoms with Crippen molar-refractivity contribution in [1.82, 2.24) is 14.9 Å². The molecule has 9 heteroatoms. The highest BCUT2D eigenvalue weighted by Crippen LogP contribution is 2.26. The Morgan fingerprint density at radius 3 is 2.75 bits per heavy atom. The van der Waals surface area contributed by atoms with Gasteiger partial charge in [-0.25, -0.2) is 18.4 Å². The van der Waals surface area contributed by atoms with E-state index in [0.29, 0.717) is 11.6 Å². The number of carbonyl (C=O) groups is 1. The number of carbonyl (C=O) groups excluding carboxylic acids is 1. The molecule has 0 saturated carbocycles. The van der Waals surface area contributed by atoms with Gasteiger partial charge in [-0.15, -0.1) is 0 Å². The van der Waals surface area contributed by atoms with Crippen LogP contribution in [0.5, 0.6) is 0 Å². The first-order chi connectivity index (χ1) is 13.3. The minimum atomic E-state index is -3.05. The molecule has 0 aliphatic carbocycles. The largest absolute Gasteiger partial charge is 0.372 e. The molecule has 152 valence electrons. The molecule has 2 heterocycles. The van der Waals surface area contributed by atoms with Crippen LogP contribution in [0, 0.1) is 0 Å². The van der Waals surface area contributed by atoms with Gasteiger partial charge in [-0.05, 0) is 31.9 Å². The number of sulfone groups is 1. The first-order valence-electron chi connectivity index (χ1n) is 9.43. The Morgan fingerprint density at radius 2 is 2.11 bits per heavy atom. The number of benzene rings is 1. The third-order valence-corrected chi connectivity index (χ3v) is 7.68. The number of anilines is 1. The van der Waals surface area contributed by atoms with E-state index >= 15 is 0 Å². The number of fused-ring (bicyclic) bond motifs is 1. The van der Waals surface area contributed by atoms with Crippen molar-refractivity contribution in [2.24, 2.45) is 0 Å². The molecule has 1 fully saturated rings. The number of thioether (sulfide) groups is 1. The molecule has 3 rings (SSSR count). The second-order valence-electron chi connectivity index (χ2n) is 7.03. The molecule has 0 radical (unpaired) electrons. The van der Waals surface area contributed by atoms with Gasteiger partial charge in [0.1, 0.15) is 5.82 Å². The summed E-state index contributed by atoms with van der Waals surface area (Å²) in [4.78, 5) is 23.8. The summed E-state index contributed by atoms with van der Waals surface area (Å²) in [5.74, 6) is 1.06. The number of nitrogens with zero attached hydrogens (tertiary/aromatic N) is 3. The van der Waals surface area contributed by atoms with Gasteiger partial charge in [0.25, 0.3) is 0 Å². The van der Waals surface area contributed by atoms with Crippen molar-refractivity contribution in [3.8, 4) is 0 Å². The van der Waals surface area contributed by atoms with Crippen molar-refractivity contribution in [2.45, 2.75) is 43.9 Å². The zero-order chi connectivity index (χ0) is 20.3. The molecule has 1 amide bonds. The fraction of sp³-hybridized carbons (Fsp3) is 0.526. The minimum absolute atomic E-state index is 0.00297. The molecule has 1 N–H and O–H groups in total. The van der Waals surface area contributed by atoms with E-state index in [-0.39, 0.29) is 35.2 Å². The van der Waals surface area contributed by atoms with Gasteiger partial charge in [0.05, 0.1) is 22.8 Å². The standard InChI is InChI=1S/C19H26N4O3S2/c1-4-13(2)23(14-9-10-28(25,26)12-14)17(24)11-27-19-21-16-8-6-5-7-15(16)18(20-3)22-19/h5-8,13-14H,4,9-12H2,1-3H3,(H,20,21,22). The first-order valence-corrected chi connectivity index (χ1v) is 12.2. The highest BCUT2D eigenvalue weighted by atomic mass is 32.2. The quantitative estimate of drug-likeness (QED) is 0.541. The first kappa shape index (κ1) is 20.9. The molecule has 0 bridgehead atoms. The lowest BCUT2D eigenvalue weighted by Gasteiger charge is -2.33. The maximum absolute atomic E-state index is 13.0. The SMILES string of the molecule is CCC(C)N(C(=O)CSc1nc(NC)c2ccccc2n1)C1CCS(=O)(=O)C1. The van der Waals surface area contributed by atoms with Crippen molar-refractivity contribution in [2.75, 3.05) is 29.6 Å². The van der Waals surface area contributed by atoms with Crippen molar-refractivity contribution >= 4 is 44.2 Å². The summed E-state index contributed by atoms with van der Waals surface area (Å²) in [6.07, 6.45) is 1.29. The van der Waals surface area contributed by atoms with Gasteiger partial charge in [0, 0.05) is 24.5 Å². The lowest BCUT2D eigenvalue weighted by Crippen LogP contribution is -2.47. The van der Waals surface area contributed by atoms with Crippen molar-refractivity contribution in [1.29, 1.82) is 0 Å². The van der Waals surface area contributed by atoms with Crippen molar-refractivity contribution in [3.05, 3.63) is 24.3 Å². The van der Waals surface area contributed by atoms with Crippen LogP contribution in [0.1, 0.15) is 26.7 Å². The summed E-state index contributed by atoms with van der Waals surface area (Å²) in [5.41, 5.74) is 0.817. The molecule has 2 unspecified atom stereocenters. The van der Waals surface area contributed by atoms with Crippen LogP contribution in [0.3, 0.4) is 0 Å². The Labute approximate surface area is 170 Å². The molecule has 1 aromatic heterocycles. The number of para-hydroxylation sites is 1. The van der Waals surface area contributed by atoms with Crippen LogP contribution >= 0.6 is 11.8 Å². The van der Waals surface area contributed by atoms with Gasteiger partial charge in [-0.3, -0.25) is 4.79 Å². The topological polar surface area (TPSA) is 92.3 Å². The van der Waals surface area contributed by atoms with Gasteiger partial charge < -0.3 is 10.2 Å². The van der Waals surface area contributed by atoms with Crippen LogP contribution in [-0.2, 0) is 14.6 Å². The molecule has 28 heavy (non-hydrogen) atoms. The fourth-order valence-electron chi connectivity index (χ4n) is 3.51. The van der Waals surface area contributed by atoms with E-state index in [2.05, 4.69) is 15.3 Å². The van der Waals surface area contributed by atoms with Crippen LogP contribution in [0.2, 0.25) is 0 Å². The summed E-state index contributed by atoms with van der Waals surface area (Å²) >= 11 is 1.28. The Morgan fingerprint density at radius 1 is 1.36 bits per heavy atom. The smallest absolute Gasteiger partial charge is 0.233 e. The average Bonchev–Trinajstić information content (AvgIpc) is 3.04. The Hall–Kier alpha value is -1.87. The summed E-state index contributed by atoms with van der Waals surface area (Å²) in [7, 11) is -1.24. The summed E-state index contributed by atoms with van der Waals surface area (Å²) in [5, 5.41) is 4.53. The van der Waals surface area contributed by atoms with Crippen LogP contribution < -0.4 is 5.32 Å². The lowest BCUT2D eigenvalue weighted by atomic mass is 10.1. The second-order valence-corrected chi connectivity index (χ2v) is 10.2. The highest BCUT2D eigenvalue weighted by Gasteiger charge is 2.36. The van der Waals surface area contributed by atoms with Crippen LogP contribution in [0.4, 0.5) is 5.82 Å². The van der Waals surface area contributed by atoms with Gasteiger partial charge in [-0.2, -0.15) is 0 Å². The van der Waals surface area contributed by atoms with Gasteiger partial charge in [0.15, 0.2) is 15.0 Å². The van der Waals surface area contributed by atoms with Crippen LogP contribution in [0.15, 0.2) is 29.4 Å². The molecule has 1 saturated heterocycles. The highest BCUT2D eigenvalue weighted by molar-refractivity contribution is 7.99. The molecule has 1 aromatic carbocycles. The monoisotopic (exact) mass is 422 g/mol. The Kier molecular flexibility index (Phi) is 6.44. The van der Waals surface area contributed by atoms with Crippen LogP contribution in [-0.4, -0.2) is 65.6 Å². The maximum atomic E-state index is 13.0. The molecular weight excluding hydrogens is 396 g/mol. The van der Waals surface area contributed by atoms with E-state index in [1.54, 1.807) is 11.9 Å². The van der Waals surface area contributed by atoms with E-state index in [4.69, 9.17) is 0 Å². The Balaban J connectivity index is 1.76. The maximum Gasteiger partial charge on any atom is 0.233 e. The van der Waals surface area contributed by atoms with Crippen molar-refractivity contribution < 1.29 is 13.2 Å². The van der Waals surface area contributed by atoms with Gasteiger partial charge in [0.2, 0.25) is 5.91 Å². The molecule has 0 spiro atoms. The molecule has 2 atom stereocenters. The predicted molar refractivity (Wildman–Crippen MR) is 113 cm³/mol. The third kappa shape index (κ3) is 4.57. The molecule has 2 aromatic rings. The number of amides is 1. The number of aromatic nitrogens is 2. The summed E-state index contributed by atoms with van der Waals surface area (Å²) in [6, 6.07) is 7.47. The fourth-order valence-corrected chi connectivity index (χ4v) is 5.94. The third-order valence-electron chi connectivity index (χ3n) is 5.10. The molecule has 1 aliphatic heterocycles. The second kappa shape index (κ2) is 8.65. The van der Waals surface area contributed by atoms with E-state index in [0.717, 1.165) is 23.1 Å². The normalized spacial score (nSPS) is 19.5. The zero-order valence-electron chi connectivity index (χ0n) is 16.4. The summed E-state index contributed by atoms with van der Waals surface area (Å²) < 4.78 is 23.8. The van der Waals surface area contributed by atoms with E-state index < -0.39 is 9.84 Å². The number of nitrogens with one attached hydrogen (secondary N) is 1. The zero-order valence-corrected chi connectivity index (χ0v) is 18.0. The van der Waals surface area contributed by atoms with E-state index in [1.165, 1.54) is 11.8 Å². The number of hydrogen-bond acceptors (Lipinski definition) is 7. The van der Waals surface area contributed by atoms with Gasteiger partial charge >= 0.3 is 0 Å². The number of rotatable bonds is 7. The molecular formula is C19H26N4O3S2. The predicted octanol–water partition coefficient (Wildman–Crippen LogP) is 2.58. The Bertz CT molecular complexity index is 965. The number of hydrogen-bond donors (Lipinski definition) is 1. The van der Waals surface area contributed by atoms with Crippen molar-refractivity contribution in [3.63, 3.8) is 0 Å². The molecule has 7 nitrogen and oxygen atoms in total. The van der Waals surface area contributed by atoms with E-state index in [9.17, 15) is 13.2 Å². The van der Waals surface area contributed by atoms with Crippen LogP contribution in [0.25, 0.3) is 10.9 Å². The van der Waals surface area contributed by atoms with E-state index in [1.807, 2.05) is 38.1 Å². The van der Waals surface area contributed by atoms with Gasteiger partial charge in [-0.1, -0.05) is 30.8 Å². The lowest BCUT2D eigenvalue weighted by molar-refractivity contribution is -0.132. The minimum Gasteiger partial charge on any atom is -0.372 e.